The molecule has 0 aromatic heterocycles. The maximum Gasteiger partial charge on any atom is 0.115 e. The van der Waals surface area contributed by atoms with Crippen LogP contribution >= 0.6 is 22.6 Å². The summed E-state index contributed by atoms with van der Waals surface area (Å²) >= 11 is 2.46. The van der Waals surface area contributed by atoms with E-state index in [0.717, 1.165) is 22.0 Å². The number of alkyl halides is 1. The van der Waals surface area contributed by atoms with Crippen molar-refractivity contribution in [1.82, 2.24) is 0 Å². The van der Waals surface area contributed by atoms with Crippen LogP contribution in [-0.2, 0) is 0 Å². The summed E-state index contributed by atoms with van der Waals surface area (Å²) in [6.45, 7) is 0. The monoisotopic (exact) mass is 448 g/mol. The number of halogens is 1. The van der Waals surface area contributed by atoms with Crippen LogP contribution in [-0.4, -0.2) is 14.6 Å². The number of rotatable bonds is 6. The average Bonchev–Trinajstić information content (AvgIpc) is 3.15. The Kier molecular flexibility index (Phi) is 6.40. The van der Waals surface area contributed by atoms with Gasteiger partial charge in [-0.25, -0.2) is 0 Å². The molecule has 3 heteroatoms. The summed E-state index contributed by atoms with van der Waals surface area (Å²) in [5, 5.41) is 19.4. The van der Waals surface area contributed by atoms with Gasteiger partial charge in [-0.1, -0.05) is 65.3 Å². The van der Waals surface area contributed by atoms with Crippen molar-refractivity contribution in [3.8, 4) is 11.5 Å². The molecular weight excluding hydrogens is 423 g/mol. The summed E-state index contributed by atoms with van der Waals surface area (Å²) in [7, 11) is 0. The Morgan fingerprint density at radius 2 is 1.32 bits per heavy atom. The fraction of sp³-hybridized carbons (Fsp3) is 0.364. The second kappa shape index (κ2) is 8.75. The summed E-state index contributed by atoms with van der Waals surface area (Å²) in [5.41, 5.74) is 5.14. The third-order valence-electron chi connectivity index (χ3n) is 5.06. The number of phenols is 2. The van der Waals surface area contributed by atoms with E-state index in [1.165, 1.54) is 37.7 Å². The molecule has 0 amide bonds. The Morgan fingerprint density at radius 3 is 1.76 bits per heavy atom. The number of phenolic OH excluding ortho intramolecular Hbond substituents is 2. The van der Waals surface area contributed by atoms with Gasteiger partial charge in [-0.05, 0) is 77.0 Å². The lowest BCUT2D eigenvalue weighted by atomic mass is 9.83. The van der Waals surface area contributed by atoms with Gasteiger partial charge in [-0.2, -0.15) is 0 Å². The van der Waals surface area contributed by atoms with E-state index in [4.69, 9.17) is 0 Å². The zero-order chi connectivity index (χ0) is 17.6. The Morgan fingerprint density at radius 1 is 0.840 bits per heavy atom. The van der Waals surface area contributed by atoms with Gasteiger partial charge in [-0.15, -0.1) is 0 Å². The van der Waals surface area contributed by atoms with Crippen LogP contribution in [0.1, 0.15) is 49.7 Å². The zero-order valence-electron chi connectivity index (χ0n) is 14.4. The Bertz CT molecular complexity index is 663. The van der Waals surface area contributed by atoms with Gasteiger partial charge in [-0.3, -0.25) is 0 Å². The van der Waals surface area contributed by atoms with E-state index in [0.29, 0.717) is 17.4 Å². The van der Waals surface area contributed by atoms with Crippen molar-refractivity contribution in [3.05, 3.63) is 65.2 Å². The highest BCUT2D eigenvalue weighted by Gasteiger charge is 2.23. The standard InChI is InChI=1S/C22H25IO2/c23-15-3-6-21(16-4-1-2-5-16)22(17-7-11-19(24)12-8-17)18-9-13-20(25)14-10-18/h7-14,16,24-25H,1-6,15H2. The fourth-order valence-corrected chi connectivity index (χ4v) is 4.24. The minimum atomic E-state index is 0.295. The maximum atomic E-state index is 9.69. The van der Waals surface area contributed by atoms with E-state index in [1.807, 2.05) is 24.3 Å². The van der Waals surface area contributed by atoms with Crippen molar-refractivity contribution in [3.63, 3.8) is 0 Å². The van der Waals surface area contributed by atoms with Crippen molar-refractivity contribution >= 4 is 28.2 Å². The Balaban J connectivity index is 2.14. The van der Waals surface area contributed by atoms with Gasteiger partial charge < -0.3 is 10.2 Å². The van der Waals surface area contributed by atoms with E-state index in [1.54, 1.807) is 29.8 Å². The molecule has 3 rings (SSSR count). The normalized spacial score (nSPS) is 14.6. The second-order valence-electron chi connectivity index (χ2n) is 6.77. The summed E-state index contributed by atoms with van der Waals surface area (Å²) in [4.78, 5) is 0. The molecule has 0 saturated heterocycles. The number of allylic oxidation sites excluding steroid dienone is 1. The molecule has 1 aliphatic rings. The molecule has 0 radical (unpaired) electrons. The first-order valence-corrected chi connectivity index (χ1v) is 10.6. The lowest BCUT2D eigenvalue weighted by Crippen LogP contribution is -2.05. The number of benzene rings is 2. The van der Waals surface area contributed by atoms with E-state index >= 15 is 0 Å². The van der Waals surface area contributed by atoms with Crippen LogP contribution in [0.4, 0.5) is 0 Å². The van der Waals surface area contributed by atoms with Crippen LogP contribution in [0.5, 0.6) is 11.5 Å². The predicted molar refractivity (Wildman–Crippen MR) is 112 cm³/mol. The highest BCUT2D eigenvalue weighted by molar-refractivity contribution is 14.1. The smallest absolute Gasteiger partial charge is 0.115 e. The third-order valence-corrected chi connectivity index (χ3v) is 5.82. The minimum Gasteiger partial charge on any atom is -0.508 e. The van der Waals surface area contributed by atoms with E-state index in [2.05, 4.69) is 22.6 Å². The molecule has 0 spiro atoms. The molecule has 0 heterocycles. The van der Waals surface area contributed by atoms with Crippen molar-refractivity contribution in [1.29, 1.82) is 0 Å². The van der Waals surface area contributed by atoms with E-state index in [9.17, 15) is 10.2 Å². The van der Waals surface area contributed by atoms with Crippen LogP contribution in [0.3, 0.4) is 0 Å². The van der Waals surface area contributed by atoms with Gasteiger partial charge in [0.15, 0.2) is 0 Å². The third kappa shape index (κ3) is 4.57. The Labute approximate surface area is 163 Å². The molecule has 0 atom stereocenters. The molecule has 2 nitrogen and oxygen atoms in total. The highest BCUT2D eigenvalue weighted by atomic mass is 127. The second-order valence-corrected chi connectivity index (χ2v) is 7.85. The van der Waals surface area contributed by atoms with Crippen molar-refractivity contribution in [2.75, 3.05) is 4.43 Å². The van der Waals surface area contributed by atoms with Crippen molar-refractivity contribution in [2.45, 2.75) is 38.5 Å². The van der Waals surface area contributed by atoms with Crippen LogP contribution in [0.25, 0.3) is 5.57 Å². The molecule has 0 bridgehead atoms. The first-order chi connectivity index (χ1) is 12.2. The largest absolute Gasteiger partial charge is 0.508 e. The molecular formula is C22H25IO2. The highest BCUT2D eigenvalue weighted by Crippen LogP contribution is 2.40. The zero-order valence-corrected chi connectivity index (χ0v) is 16.6. The van der Waals surface area contributed by atoms with Gasteiger partial charge in [0, 0.05) is 0 Å². The number of hydrogen-bond donors (Lipinski definition) is 2. The summed E-state index contributed by atoms with van der Waals surface area (Å²) < 4.78 is 1.16. The molecule has 1 saturated carbocycles. The maximum absolute atomic E-state index is 9.69. The quantitative estimate of drug-likeness (QED) is 0.402. The molecule has 1 fully saturated rings. The average molecular weight is 448 g/mol. The first kappa shape index (κ1) is 18.3. The molecule has 0 unspecified atom stereocenters. The van der Waals surface area contributed by atoms with Crippen molar-refractivity contribution < 1.29 is 10.2 Å². The van der Waals surface area contributed by atoms with Crippen molar-refractivity contribution in [2.24, 2.45) is 5.92 Å². The van der Waals surface area contributed by atoms with E-state index in [-0.39, 0.29) is 0 Å². The SMILES string of the molecule is Oc1ccc(C(=C(CCCI)C2CCCC2)c2ccc(O)cc2)cc1. The van der Waals surface area contributed by atoms with Crippen LogP contribution < -0.4 is 0 Å². The molecule has 2 N–H and O–H groups in total. The van der Waals surface area contributed by atoms with Gasteiger partial charge >= 0.3 is 0 Å². The lowest BCUT2D eigenvalue weighted by Gasteiger charge is -2.22. The van der Waals surface area contributed by atoms with Crippen LogP contribution in [0.2, 0.25) is 0 Å². The first-order valence-electron chi connectivity index (χ1n) is 9.07. The molecule has 25 heavy (non-hydrogen) atoms. The van der Waals surface area contributed by atoms with Gasteiger partial charge in [0.2, 0.25) is 0 Å². The van der Waals surface area contributed by atoms with Gasteiger partial charge in [0.05, 0.1) is 0 Å². The topological polar surface area (TPSA) is 40.5 Å². The van der Waals surface area contributed by atoms with Crippen LogP contribution in [0, 0.1) is 5.92 Å². The number of aromatic hydroxyl groups is 2. The molecule has 2 aromatic rings. The summed E-state index contributed by atoms with van der Waals surface area (Å²) in [6.07, 6.45) is 7.48. The van der Waals surface area contributed by atoms with E-state index < -0.39 is 0 Å². The molecule has 2 aromatic carbocycles. The van der Waals surface area contributed by atoms with Gasteiger partial charge in [0.1, 0.15) is 11.5 Å². The van der Waals surface area contributed by atoms with Crippen LogP contribution in [0.15, 0.2) is 54.1 Å². The summed E-state index contributed by atoms with van der Waals surface area (Å²) in [5.74, 6) is 1.24. The fourth-order valence-electron chi connectivity index (χ4n) is 3.86. The predicted octanol–water partition coefficient (Wildman–Crippen LogP) is 6.31. The molecule has 1 aliphatic carbocycles. The lowest BCUT2D eigenvalue weighted by molar-refractivity contribution is 0.475. The minimum absolute atomic E-state index is 0.295. The Hall–Kier alpha value is -1.49. The number of hydrogen-bond acceptors (Lipinski definition) is 2. The van der Waals surface area contributed by atoms with Gasteiger partial charge in [0.25, 0.3) is 0 Å². The molecule has 0 aliphatic heterocycles. The summed E-state index contributed by atoms with van der Waals surface area (Å²) in [6, 6.07) is 15.1. The molecule has 132 valence electrons.